The Morgan fingerprint density at radius 1 is 0.420 bits per heavy atom. The molecule has 8 rings (SSSR count). The zero-order chi connectivity index (χ0) is 34.1. The predicted octanol–water partition coefficient (Wildman–Crippen LogP) is 9.11. The molecule has 2 unspecified atom stereocenters. The van der Waals surface area contributed by atoms with E-state index in [0.29, 0.717) is 0 Å². The molecule has 244 valence electrons. The molecule has 0 aliphatic rings. The number of aryl methyl sites for hydroxylation is 1. The highest BCUT2D eigenvalue weighted by atomic mass is 28.4. The van der Waals surface area contributed by atoms with Gasteiger partial charge in [0.2, 0.25) is 16.6 Å². The van der Waals surface area contributed by atoms with Crippen LogP contribution in [0.5, 0.6) is 0 Å². The highest BCUT2D eigenvalue weighted by molar-refractivity contribution is 7.08. The van der Waals surface area contributed by atoms with Crippen molar-refractivity contribution in [3.05, 3.63) is 188 Å². The van der Waals surface area contributed by atoms with Gasteiger partial charge in [0.25, 0.3) is 0 Å². The fourth-order valence-electron chi connectivity index (χ4n) is 7.53. The third-order valence-corrected chi connectivity index (χ3v) is 19.5. The minimum Gasteiger partial charge on any atom is -0.442 e. The monoisotopic (exact) mass is 679 g/mol. The van der Waals surface area contributed by atoms with Crippen LogP contribution in [0.25, 0.3) is 38.6 Å². The van der Waals surface area contributed by atoms with Gasteiger partial charge in [-0.3, -0.25) is 0 Å². The van der Waals surface area contributed by atoms with Gasteiger partial charge in [-0.05, 0) is 81.2 Å². The smallest absolute Gasteiger partial charge is 0.242 e. The molecule has 2 nitrogen and oxygen atoms in total. The van der Waals surface area contributed by atoms with Crippen LogP contribution in [-0.4, -0.2) is 21.2 Å². The summed E-state index contributed by atoms with van der Waals surface area (Å²) < 4.78 is 10.3. The SMILES string of the molecule is CCc1ccc(-c2ccc([Si](C)(O[Si](C)(c3ccccc3)c3ccc(-n4c5ccccc5c5ccccc54)cc3)c3ccccc3)cc2)cc1. The number of fused-ring (bicyclic) bond motifs is 3. The van der Waals surface area contributed by atoms with E-state index in [1.165, 1.54) is 59.2 Å². The zero-order valence-electron chi connectivity index (χ0n) is 28.9. The summed E-state index contributed by atoms with van der Waals surface area (Å²) in [6, 6.07) is 66.5. The van der Waals surface area contributed by atoms with E-state index in [1.54, 1.807) is 0 Å². The number of hydrogen-bond acceptors (Lipinski definition) is 1. The van der Waals surface area contributed by atoms with Gasteiger partial charge in [0.15, 0.2) is 0 Å². The van der Waals surface area contributed by atoms with E-state index in [0.717, 1.165) is 12.1 Å². The number of hydrogen-bond donors (Lipinski definition) is 0. The maximum Gasteiger partial charge on any atom is 0.242 e. The van der Waals surface area contributed by atoms with Crippen molar-refractivity contribution in [1.82, 2.24) is 4.57 Å². The second kappa shape index (κ2) is 13.2. The molecular formula is C46H41NOSi2. The van der Waals surface area contributed by atoms with E-state index in [4.69, 9.17) is 4.12 Å². The van der Waals surface area contributed by atoms with Crippen LogP contribution in [-0.2, 0) is 10.5 Å². The molecule has 0 bridgehead atoms. The Labute approximate surface area is 297 Å². The summed E-state index contributed by atoms with van der Waals surface area (Å²) in [5.41, 5.74) is 7.41. The van der Waals surface area contributed by atoms with Crippen LogP contribution in [0.2, 0.25) is 13.1 Å². The molecule has 8 aromatic rings. The summed E-state index contributed by atoms with van der Waals surface area (Å²) in [5, 5.41) is 7.62. The maximum atomic E-state index is 7.89. The molecule has 0 fully saturated rings. The quantitative estimate of drug-likeness (QED) is 0.139. The lowest BCUT2D eigenvalue weighted by Crippen LogP contribution is -2.70. The second-order valence-corrected chi connectivity index (χ2v) is 20.7. The molecule has 0 N–H and O–H groups in total. The van der Waals surface area contributed by atoms with E-state index in [9.17, 15) is 0 Å². The third kappa shape index (κ3) is 5.65. The second-order valence-electron chi connectivity index (χ2n) is 13.4. The standard InChI is InChI=1S/C46H41NOSi2/c1-4-35-23-25-36(26-24-35)37-27-31-41(32-28-37)49(2,39-15-7-5-8-16-39)48-50(3,40-17-9-6-10-18-40)42-33-29-38(30-34-42)47-45-21-13-11-19-43(45)44-20-12-14-22-46(44)47/h5-34H,4H2,1-3H3. The van der Waals surface area contributed by atoms with Gasteiger partial charge in [0.05, 0.1) is 11.0 Å². The molecule has 0 saturated carbocycles. The van der Waals surface area contributed by atoms with Gasteiger partial charge >= 0.3 is 0 Å². The molecule has 50 heavy (non-hydrogen) atoms. The van der Waals surface area contributed by atoms with Gasteiger partial charge in [-0.1, -0.05) is 165 Å². The van der Waals surface area contributed by atoms with Crippen LogP contribution in [0.1, 0.15) is 12.5 Å². The molecule has 0 amide bonds. The average Bonchev–Trinajstić information content (AvgIpc) is 3.53. The van der Waals surface area contributed by atoms with Crippen molar-refractivity contribution >= 4 is 59.2 Å². The van der Waals surface area contributed by atoms with Crippen molar-refractivity contribution in [1.29, 1.82) is 0 Å². The van der Waals surface area contributed by atoms with Crippen molar-refractivity contribution in [2.24, 2.45) is 0 Å². The van der Waals surface area contributed by atoms with Crippen LogP contribution in [0.3, 0.4) is 0 Å². The summed E-state index contributed by atoms with van der Waals surface area (Å²) in [6.45, 7) is 6.97. The maximum absolute atomic E-state index is 7.89. The minimum atomic E-state index is -2.75. The molecule has 1 aromatic heterocycles. The molecule has 0 radical (unpaired) electrons. The zero-order valence-corrected chi connectivity index (χ0v) is 30.9. The predicted molar refractivity (Wildman–Crippen MR) is 218 cm³/mol. The van der Waals surface area contributed by atoms with Gasteiger partial charge in [-0.25, -0.2) is 0 Å². The molecule has 0 aliphatic heterocycles. The molecule has 0 spiro atoms. The van der Waals surface area contributed by atoms with Crippen LogP contribution in [0.15, 0.2) is 182 Å². The van der Waals surface area contributed by atoms with Crippen LogP contribution in [0, 0.1) is 0 Å². The van der Waals surface area contributed by atoms with Gasteiger partial charge in [0, 0.05) is 16.5 Å². The van der Waals surface area contributed by atoms with E-state index in [1.807, 2.05) is 0 Å². The average molecular weight is 680 g/mol. The van der Waals surface area contributed by atoms with Gasteiger partial charge < -0.3 is 8.68 Å². The van der Waals surface area contributed by atoms with Gasteiger partial charge in [-0.15, -0.1) is 0 Å². The highest BCUT2D eigenvalue weighted by Crippen LogP contribution is 2.32. The molecular weight excluding hydrogens is 639 g/mol. The lowest BCUT2D eigenvalue weighted by Gasteiger charge is -2.39. The van der Waals surface area contributed by atoms with E-state index in [-0.39, 0.29) is 0 Å². The number of aromatic nitrogens is 1. The normalized spacial score (nSPS) is 14.0. The first-order valence-corrected chi connectivity index (χ1v) is 22.4. The van der Waals surface area contributed by atoms with Crippen molar-refractivity contribution in [2.75, 3.05) is 0 Å². The summed E-state index contributed by atoms with van der Waals surface area (Å²) in [7, 11) is -5.48. The fourth-order valence-corrected chi connectivity index (χ4v) is 16.6. The van der Waals surface area contributed by atoms with Gasteiger partial charge in [-0.2, -0.15) is 0 Å². The van der Waals surface area contributed by atoms with E-state index in [2.05, 4.69) is 207 Å². The highest BCUT2D eigenvalue weighted by Gasteiger charge is 2.45. The van der Waals surface area contributed by atoms with Gasteiger partial charge in [0.1, 0.15) is 0 Å². The Bertz CT molecular complexity index is 2330. The van der Waals surface area contributed by atoms with Crippen molar-refractivity contribution < 1.29 is 4.12 Å². The summed E-state index contributed by atoms with van der Waals surface area (Å²) in [4.78, 5) is 0. The molecule has 4 heteroatoms. The Balaban J connectivity index is 1.23. The summed E-state index contributed by atoms with van der Waals surface area (Å²) in [5.74, 6) is 0. The lowest BCUT2D eigenvalue weighted by molar-refractivity contribution is 0.587. The minimum absolute atomic E-state index is 1.05. The van der Waals surface area contributed by atoms with Crippen molar-refractivity contribution in [3.63, 3.8) is 0 Å². The lowest BCUT2D eigenvalue weighted by atomic mass is 10.0. The number of nitrogens with zero attached hydrogens (tertiary/aromatic N) is 1. The number of rotatable bonds is 9. The van der Waals surface area contributed by atoms with Crippen molar-refractivity contribution in [2.45, 2.75) is 26.4 Å². The summed E-state index contributed by atoms with van der Waals surface area (Å²) in [6.07, 6.45) is 1.05. The first-order chi connectivity index (χ1) is 24.5. The van der Waals surface area contributed by atoms with E-state index < -0.39 is 16.6 Å². The number of para-hydroxylation sites is 2. The summed E-state index contributed by atoms with van der Waals surface area (Å²) >= 11 is 0. The Hall–Kier alpha value is -5.27. The van der Waals surface area contributed by atoms with Crippen LogP contribution >= 0.6 is 0 Å². The Kier molecular flexibility index (Phi) is 8.45. The van der Waals surface area contributed by atoms with Crippen LogP contribution in [0.4, 0.5) is 0 Å². The molecule has 0 saturated heterocycles. The van der Waals surface area contributed by atoms with E-state index >= 15 is 0 Å². The fraction of sp³-hybridized carbons (Fsp3) is 0.0870. The molecule has 7 aromatic carbocycles. The molecule has 2 atom stereocenters. The largest absolute Gasteiger partial charge is 0.442 e. The topological polar surface area (TPSA) is 14.2 Å². The van der Waals surface area contributed by atoms with Crippen molar-refractivity contribution in [3.8, 4) is 16.8 Å². The number of benzene rings is 7. The Morgan fingerprint density at radius 3 is 1.26 bits per heavy atom. The molecule has 1 heterocycles. The molecule has 0 aliphatic carbocycles. The first-order valence-electron chi connectivity index (χ1n) is 17.6. The first kappa shape index (κ1) is 32.0. The van der Waals surface area contributed by atoms with Crippen LogP contribution < -0.4 is 20.7 Å². The Morgan fingerprint density at radius 2 is 0.800 bits per heavy atom. The third-order valence-electron chi connectivity index (χ3n) is 10.4.